The molecule has 0 aliphatic heterocycles. The van der Waals surface area contributed by atoms with Crippen LogP contribution in [0.4, 0.5) is 0 Å². The van der Waals surface area contributed by atoms with E-state index in [4.69, 9.17) is 4.98 Å². The molecule has 0 bridgehead atoms. The molecule has 0 amide bonds. The first-order valence-electron chi connectivity index (χ1n) is 7.58. The Labute approximate surface area is 165 Å². The second-order valence-corrected chi connectivity index (χ2v) is 8.42. The minimum Gasteiger partial charge on any atom is -0.259 e. The molecule has 1 N–H and O–H groups in total. The number of thioether (sulfide) groups is 4. The van der Waals surface area contributed by atoms with Crippen LogP contribution in [0.2, 0.25) is 0 Å². The van der Waals surface area contributed by atoms with Crippen molar-refractivity contribution in [3.05, 3.63) is 36.4 Å². The lowest BCUT2D eigenvalue weighted by Crippen LogP contribution is -1.88. The van der Waals surface area contributed by atoms with E-state index in [0.29, 0.717) is 0 Å². The van der Waals surface area contributed by atoms with Crippen LogP contribution in [0.1, 0.15) is 0 Å². The highest BCUT2D eigenvalue weighted by atomic mass is 32.2. The molecule has 1 heterocycles. The van der Waals surface area contributed by atoms with Gasteiger partial charge in [0.1, 0.15) is 0 Å². The number of hydrogen-bond acceptors (Lipinski definition) is 6. The SMILES string of the molecule is CSc1cccc(-c2n[nH]c(-c3cccc(SC)c3SC)n2)c1SC. The smallest absolute Gasteiger partial charge is 0.182 e. The van der Waals surface area contributed by atoms with Crippen molar-refractivity contribution in [2.45, 2.75) is 19.6 Å². The summed E-state index contributed by atoms with van der Waals surface area (Å²) in [6.07, 6.45) is 8.40. The largest absolute Gasteiger partial charge is 0.259 e. The van der Waals surface area contributed by atoms with Gasteiger partial charge in [0.2, 0.25) is 0 Å². The van der Waals surface area contributed by atoms with Crippen molar-refractivity contribution in [3.8, 4) is 22.8 Å². The van der Waals surface area contributed by atoms with Gasteiger partial charge in [0.15, 0.2) is 11.6 Å². The molecule has 0 radical (unpaired) electrons. The fourth-order valence-electron chi connectivity index (χ4n) is 2.64. The molecule has 0 fully saturated rings. The molecule has 7 heteroatoms. The maximum absolute atomic E-state index is 4.81. The molecule has 0 aliphatic rings. The number of aromatic nitrogens is 3. The first kappa shape index (κ1) is 18.8. The predicted octanol–water partition coefficient (Wildman–Crippen LogP) is 6.03. The summed E-state index contributed by atoms with van der Waals surface area (Å²) in [5, 5.41) is 7.64. The van der Waals surface area contributed by atoms with Crippen LogP contribution in [0.3, 0.4) is 0 Å². The lowest BCUT2D eigenvalue weighted by molar-refractivity contribution is 1.08. The molecule has 3 nitrogen and oxygen atoms in total. The molecule has 0 spiro atoms. The van der Waals surface area contributed by atoms with Crippen LogP contribution in [-0.4, -0.2) is 40.2 Å². The van der Waals surface area contributed by atoms with Crippen LogP contribution in [0.25, 0.3) is 22.8 Å². The molecule has 0 saturated heterocycles. The third kappa shape index (κ3) is 3.74. The Morgan fingerprint density at radius 1 is 0.720 bits per heavy atom. The van der Waals surface area contributed by atoms with Crippen molar-refractivity contribution < 1.29 is 0 Å². The van der Waals surface area contributed by atoms with Gasteiger partial charge in [-0.1, -0.05) is 12.1 Å². The van der Waals surface area contributed by atoms with E-state index in [1.54, 1.807) is 47.0 Å². The number of hydrogen-bond donors (Lipinski definition) is 1. The predicted molar refractivity (Wildman–Crippen MR) is 114 cm³/mol. The summed E-state index contributed by atoms with van der Waals surface area (Å²) in [6, 6.07) is 12.6. The van der Waals surface area contributed by atoms with E-state index in [9.17, 15) is 0 Å². The maximum Gasteiger partial charge on any atom is 0.182 e. The minimum atomic E-state index is 0.747. The van der Waals surface area contributed by atoms with E-state index in [-0.39, 0.29) is 0 Å². The maximum atomic E-state index is 4.81. The second-order valence-electron chi connectivity index (χ2n) is 5.09. The van der Waals surface area contributed by atoms with Gasteiger partial charge in [-0.15, -0.1) is 47.0 Å². The molecule has 2 aromatic carbocycles. The van der Waals surface area contributed by atoms with Crippen LogP contribution >= 0.6 is 47.0 Å². The Morgan fingerprint density at radius 3 is 1.84 bits per heavy atom. The van der Waals surface area contributed by atoms with Gasteiger partial charge in [0, 0.05) is 30.7 Å². The highest BCUT2D eigenvalue weighted by Gasteiger charge is 2.16. The Bertz CT molecular complexity index is 807. The quantitative estimate of drug-likeness (QED) is 0.505. The Kier molecular flexibility index (Phi) is 6.44. The van der Waals surface area contributed by atoms with Crippen molar-refractivity contribution in [1.82, 2.24) is 15.2 Å². The summed E-state index contributed by atoms with van der Waals surface area (Å²) in [5.74, 6) is 1.56. The summed E-state index contributed by atoms with van der Waals surface area (Å²) >= 11 is 6.99. The molecule has 0 unspecified atom stereocenters. The molecule has 0 saturated carbocycles. The van der Waals surface area contributed by atoms with Gasteiger partial charge < -0.3 is 0 Å². The van der Waals surface area contributed by atoms with E-state index in [0.717, 1.165) is 22.8 Å². The standard InChI is InChI=1S/C18H19N3S4/c1-22-13-9-5-7-11(15(13)24-3)17-19-18(21-20-17)12-8-6-10-14(23-2)16(12)25-4/h5-10H,1-4H3,(H,19,20,21). The highest BCUT2D eigenvalue weighted by Crippen LogP contribution is 2.38. The first-order valence-corrected chi connectivity index (χ1v) is 12.5. The Hall–Kier alpha value is -1.02. The van der Waals surface area contributed by atoms with Gasteiger partial charge >= 0.3 is 0 Å². The average Bonchev–Trinajstić information content (AvgIpc) is 3.16. The fraction of sp³-hybridized carbons (Fsp3) is 0.222. The fourth-order valence-corrected chi connectivity index (χ4v) is 5.96. The molecular weight excluding hydrogens is 386 g/mol. The third-order valence-electron chi connectivity index (χ3n) is 3.79. The normalized spacial score (nSPS) is 11.0. The summed E-state index contributed by atoms with van der Waals surface area (Å²) in [4.78, 5) is 9.79. The van der Waals surface area contributed by atoms with E-state index in [1.807, 2.05) is 0 Å². The summed E-state index contributed by atoms with van der Waals surface area (Å²) in [5.41, 5.74) is 2.18. The topological polar surface area (TPSA) is 41.6 Å². The molecular formula is C18H19N3S4. The van der Waals surface area contributed by atoms with Crippen molar-refractivity contribution in [3.63, 3.8) is 0 Å². The number of benzene rings is 2. The highest BCUT2D eigenvalue weighted by molar-refractivity contribution is 8.02. The van der Waals surface area contributed by atoms with E-state index in [2.05, 4.69) is 71.6 Å². The van der Waals surface area contributed by atoms with Crippen LogP contribution in [-0.2, 0) is 0 Å². The van der Waals surface area contributed by atoms with Crippen molar-refractivity contribution in [2.24, 2.45) is 0 Å². The first-order chi connectivity index (χ1) is 12.2. The summed E-state index contributed by atoms with van der Waals surface area (Å²) < 4.78 is 0. The van der Waals surface area contributed by atoms with Crippen LogP contribution in [0.15, 0.2) is 56.0 Å². The minimum absolute atomic E-state index is 0.747. The van der Waals surface area contributed by atoms with Gasteiger partial charge in [-0.25, -0.2) is 4.98 Å². The zero-order chi connectivity index (χ0) is 17.8. The lowest BCUT2D eigenvalue weighted by atomic mass is 10.2. The number of H-pyrrole nitrogens is 1. The van der Waals surface area contributed by atoms with E-state index < -0.39 is 0 Å². The third-order valence-corrected chi connectivity index (χ3v) is 7.30. The van der Waals surface area contributed by atoms with Crippen LogP contribution < -0.4 is 0 Å². The molecule has 0 atom stereocenters. The van der Waals surface area contributed by atoms with Crippen LogP contribution in [0.5, 0.6) is 0 Å². The van der Waals surface area contributed by atoms with Gasteiger partial charge in [-0.05, 0) is 49.3 Å². The lowest BCUT2D eigenvalue weighted by Gasteiger charge is -2.09. The number of nitrogens with zero attached hydrogens (tertiary/aromatic N) is 2. The number of nitrogens with one attached hydrogen (secondary N) is 1. The van der Waals surface area contributed by atoms with Gasteiger partial charge in [-0.3, -0.25) is 5.10 Å². The van der Waals surface area contributed by atoms with E-state index >= 15 is 0 Å². The van der Waals surface area contributed by atoms with Crippen molar-refractivity contribution in [2.75, 3.05) is 25.0 Å². The Morgan fingerprint density at radius 2 is 1.28 bits per heavy atom. The number of rotatable bonds is 6. The van der Waals surface area contributed by atoms with Crippen LogP contribution in [0, 0.1) is 0 Å². The molecule has 1 aromatic heterocycles. The summed E-state index contributed by atoms with van der Waals surface area (Å²) in [7, 11) is 0. The van der Waals surface area contributed by atoms with Gasteiger partial charge in [0.05, 0.1) is 0 Å². The van der Waals surface area contributed by atoms with Crippen molar-refractivity contribution in [1.29, 1.82) is 0 Å². The van der Waals surface area contributed by atoms with Gasteiger partial charge in [-0.2, -0.15) is 5.10 Å². The summed E-state index contributed by atoms with van der Waals surface area (Å²) in [6.45, 7) is 0. The molecule has 3 rings (SSSR count). The molecule has 3 aromatic rings. The van der Waals surface area contributed by atoms with Crippen molar-refractivity contribution >= 4 is 47.0 Å². The number of aromatic amines is 1. The monoisotopic (exact) mass is 405 g/mol. The second kappa shape index (κ2) is 8.58. The molecule has 130 valence electrons. The van der Waals surface area contributed by atoms with E-state index in [1.165, 1.54) is 19.6 Å². The average molecular weight is 406 g/mol. The van der Waals surface area contributed by atoms with Gasteiger partial charge in [0.25, 0.3) is 0 Å². The zero-order valence-corrected chi connectivity index (χ0v) is 17.8. The Balaban J connectivity index is 2.08. The molecule has 0 aliphatic carbocycles. The zero-order valence-electron chi connectivity index (χ0n) is 14.5. The molecule has 25 heavy (non-hydrogen) atoms.